The van der Waals surface area contributed by atoms with E-state index in [1.807, 2.05) is 17.8 Å². The summed E-state index contributed by atoms with van der Waals surface area (Å²) >= 11 is 1.94. The van der Waals surface area contributed by atoms with E-state index in [0.29, 0.717) is 4.75 Å². The monoisotopic (exact) mass is 220 g/mol. The number of rotatable bonds is 6. The van der Waals surface area contributed by atoms with E-state index in [9.17, 15) is 0 Å². The van der Waals surface area contributed by atoms with Crippen molar-refractivity contribution in [2.45, 2.75) is 30.9 Å². The standard InChI is InChI=1S/C14H20S/c1-4-11-14(2,15-3)12-10-13-8-6-5-7-9-13/h4-9H,1,10-12H2,2-3H3. The van der Waals surface area contributed by atoms with Crippen LogP contribution in [0.2, 0.25) is 0 Å². The molecule has 0 N–H and O–H groups in total. The maximum Gasteiger partial charge on any atom is 0.0166 e. The van der Waals surface area contributed by atoms with Crippen LogP contribution in [0.1, 0.15) is 25.3 Å². The molecule has 0 aliphatic rings. The van der Waals surface area contributed by atoms with Gasteiger partial charge in [-0.15, -0.1) is 6.58 Å². The second kappa shape index (κ2) is 6.02. The highest BCUT2D eigenvalue weighted by Crippen LogP contribution is 2.31. The van der Waals surface area contributed by atoms with Crippen LogP contribution in [0.25, 0.3) is 0 Å². The van der Waals surface area contributed by atoms with Gasteiger partial charge in [0, 0.05) is 4.75 Å². The molecule has 0 aromatic heterocycles. The van der Waals surface area contributed by atoms with Crippen molar-refractivity contribution >= 4 is 11.8 Å². The summed E-state index contributed by atoms with van der Waals surface area (Å²) in [5.41, 5.74) is 1.43. The highest BCUT2D eigenvalue weighted by molar-refractivity contribution is 7.99. The van der Waals surface area contributed by atoms with Gasteiger partial charge in [0.1, 0.15) is 0 Å². The van der Waals surface area contributed by atoms with Crippen LogP contribution in [0, 0.1) is 0 Å². The molecule has 1 atom stereocenters. The van der Waals surface area contributed by atoms with E-state index in [0.717, 1.165) is 12.8 Å². The Labute approximate surface area is 97.8 Å². The molecule has 0 radical (unpaired) electrons. The molecule has 0 saturated heterocycles. The fourth-order valence-electron chi connectivity index (χ4n) is 1.65. The third-order valence-corrected chi connectivity index (χ3v) is 4.21. The number of hydrogen-bond acceptors (Lipinski definition) is 1. The number of benzene rings is 1. The quantitative estimate of drug-likeness (QED) is 0.643. The van der Waals surface area contributed by atoms with Gasteiger partial charge in [-0.3, -0.25) is 0 Å². The van der Waals surface area contributed by atoms with E-state index in [1.54, 1.807) is 0 Å². The summed E-state index contributed by atoms with van der Waals surface area (Å²) < 4.78 is 0.345. The van der Waals surface area contributed by atoms with Crippen molar-refractivity contribution in [3.8, 4) is 0 Å². The first-order valence-corrected chi connectivity index (χ1v) is 6.62. The molecule has 1 heteroatoms. The van der Waals surface area contributed by atoms with Crippen molar-refractivity contribution in [3.05, 3.63) is 48.6 Å². The van der Waals surface area contributed by atoms with Crippen molar-refractivity contribution in [2.24, 2.45) is 0 Å². The second-order valence-corrected chi connectivity index (χ2v) is 5.53. The molecular weight excluding hydrogens is 200 g/mol. The van der Waals surface area contributed by atoms with Gasteiger partial charge in [0.25, 0.3) is 0 Å². The van der Waals surface area contributed by atoms with Gasteiger partial charge in [0.05, 0.1) is 0 Å². The molecule has 15 heavy (non-hydrogen) atoms. The predicted molar refractivity (Wildman–Crippen MR) is 71.5 cm³/mol. The van der Waals surface area contributed by atoms with Crippen LogP contribution in [0.4, 0.5) is 0 Å². The molecule has 0 aliphatic heterocycles. The summed E-state index contributed by atoms with van der Waals surface area (Å²) in [6.45, 7) is 6.16. The van der Waals surface area contributed by atoms with Crippen LogP contribution < -0.4 is 0 Å². The van der Waals surface area contributed by atoms with Crippen molar-refractivity contribution in [2.75, 3.05) is 6.26 Å². The average molecular weight is 220 g/mol. The van der Waals surface area contributed by atoms with Crippen molar-refractivity contribution in [1.82, 2.24) is 0 Å². The Morgan fingerprint density at radius 3 is 2.53 bits per heavy atom. The third kappa shape index (κ3) is 4.13. The lowest BCUT2D eigenvalue weighted by atomic mass is 9.97. The zero-order valence-electron chi connectivity index (χ0n) is 9.70. The Morgan fingerprint density at radius 2 is 2.00 bits per heavy atom. The molecule has 0 saturated carbocycles. The minimum Gasteiger partial charge on any atom is -0.159 e. The fourth-order valence-corrected chi connectivity index (χ4v) is 2.24. The number of allylic oxidation sites excluding steroid dienone is 1. The second-order valence-electron chi connectivity index (χ2n) is 4.13. The minimum atomic E-state index is 0.345. The van der Waals surface area contributed by atoms with Gasteiger partial charge in [-0.1, -0.05) is 43.3 Å². The van der Waals surface area contributed by atoms with E-state index >= 15 is 0 Å². The minimum absolute atomic E-state index is 0.345. The molecular formula is C14H20S. The smallest absolute Gasteiger partial charge is 0.0166 e. The Morgan fingerprint density at radius 1 is 1.33 bits per heavy atom. The lowest BCUT2D eigenvalue weighted by Gasteiger charge is -2.26. The van der Waals surface area contributed by atoms with E-state index in [1.165, 1.54) is 12.0 Å². The van der Waals surface area contributed by atoms with Crippen LogP contribution in [0.5, 0.6) is 0 Å². The highest BCUT2D eigenvalue weighted by atomic mass is 32.2. The van der Waals surface area contributed by atoms with Gasteiger partial charge in [-0.2, -0.15) is 11.8 Å². The summed E-state index contributed by atoms with van der Waals surface area (Å²) in [4.78, 5) is 0. The van der Waals surface area contributed by atoms with E-state index < -0.39 is 0 Å². The molecule has 0 fully saturated rings. The lowest BCUT2D eigenvalue weighted by molar-refractivity contribution is 0.595. The summed E-state index contributed by atoms with van der Waals surface area (Å²) in [6, 6.07) is 10.7. The molecule has 82 valence electrons. The lowest BCUT2D eigenvalue weighted by Crippen LogP contribution is -2.19. The van der Waals surface area contributed by atoms with E-state index in [-0.39, 0.29) is 0 Å². The molecule has 0 heterocycles. The molecule has 1 rings (SSSR count). The summed E-state index contributed by atoms with van der Waals surface area (Å²) in [6.07, 6.45) is 7.67. The first kappa shape index (κ1) is 12.4. The van der Waals surface area contributed by atoms with Crippen molar-refractivity contribution in [1.29, 1.82) is 0 Å². The van der Waals surface area contributed by atoms with Crippen LogP contribution in [-0.4, -0.2) is 11.0 Å². The molecule has 0 amide bonds. The summed E-state index contributed by atoms with van der Waals surface area (Å²) in [7, 11) is 0. The van der Waals surface area contributed by atoms with Gasteiger partial charge >= 0.3 is 0 Å². The topological polar surface area (TPSA) is 0 Å². The Bertz CT molecular complexity index is 291. The first-order chi connectivity index (χ1) is 7.20. The zero-order valence-corrected chi connectivity index (χ0v) is 10.5. The molecule has 0 spiro atoms. The molecule has 1 aromatic rings. The fraction of sp³-hybridized carbons (Fsp3) is 0.429. The van der Waals surface area contributed by atoms with Gasteiger partial charge in [0.2, 0.25) is 0 Å². The average Bonchev–Trinajstić information content (AvgIpc) is 2.28. The molecule has 1 aromatic carbocycles. The number of aryl methyl sites for hydroxylation is 1. The Hall–Kier alpha value is -0.690. The maximum atomic E-state index is 3.84. The molecule has 0 bridgehead atoms. The summed E-state index contributed by atoms with van der Waals surface area (Å²) in [5, 5.41) is 0. The van der Waals surface area contributed by atoms with E-state index in [2.05, 4.69) is 50.1 Å². The molecule has 0 nitrogen and oxygen atoms in total. The molecule has 1 unspecified atom stereocenters. The van der Waals surface area contributed by atoms with Crippen molar-refractivity contribution < 1.29 is 0 Å². The Kier molecular flexibility index (Phi) is 4.97. The van der Waals surface area contributed by atoms with Crippen LogP contribution in [0.3, 0.4) is 0 Å². The maximum absolute atomic E-state index is 3.84. The first-order valence-electron chi connectivity index (χ1n) is 5.40. The summed E-state index contributed by atoms with van der Waals surface area (Å²) in [5.74, 6) is 0. The van der Waals surface area contributed by atoms with Gasteiger partial charge < -0.3 is 0 Å². The normalized spacial score (nSPS) is 14.5. The number of hydrogen-bond donors (Lipinski definition) is 0. The van der Waals surface area contributed by atoms with Gasteiger partial charge in [0.15, 0.2) is 0 Å². The number of thioether (sulfide) groups is 1. The van der Waals surface area contributed by atoms with Crippen LogP contribution in [-0.2, 0) is 6.42 Å². The SMILES string of the molecule is C=CCC(C)(CCc1ccccc1)SC. The van der Waals surface area contributed by atoms with Gasteiger partial charge in [-0.05, 0) is 31.1 Å². The third-order valence-electron chi connectivity index (χ3n) is 2.85. The zero-order chi connectivity index (χ0) is 11.1. The van der Waals surface area contributed by atoms with Gasteiger partial charge in [-0.25, -0.2) is 0 Å². The highest BCUT2D eigenvalue weighted by Gasteiger charge is 2.20. The molecule has 0 aliphatic carbocycles. The van der Waals surface area contributed by atoms with Crippen molar-refractivity contribution in [3.63, 3.8) is 0 Å². The predicted octanol–water partition coefficient (Wildman–Crippen LogP) is 4.32. The Balaban J connectivity index is 2.51. The van der Waals surface area contributed by atoms with Crippen LogP contribution >= 0.6 is 11.8 Å². The largest absolute Gasteiger partial charge is 0.159 e. The van der Waals surface area contributed by atoms with E-state index in [4.69, 9.17) is 0 Å². The van der Waals surface area contributed by atoms with Crippen LogP contribution in [0.15, 0.2) is 43.0 Å².